The van der Waals surface area contributed by atoms with Crippen LogP contribution >= 0.6 is 7.82 Å². The van der Waals surface area contributed by atoms with Crippen molar-refractivity contribution in [2.24, 2.45) is 0 Å². The van der Waals surface area contributed by atoms with Crippen molar-refractivity contribution in [3.63, 3.8) is 0 Å². The van der Waals surface area contributed by atoms with Gasteiger partial charge in [-0.2, -0.15) is 0 Å². The molecule has 0 saturated carbocycles. The highest BCUT2D eigenvalue weighted by atomic mass is 31.2. The fourth-order valence-electron chi connectivity index (χ4n) is 5.03. The molecule has 0 bridgehead atoms. The Morgan fingerprint density at radius 3 is 1.48 bits per heavy atom. The predicted molar refractivity (Wildman–Crippen MR) is 222 cm³/mol. The average molecular weight is 778 g/mol. The molecule has 0 aliphatic heterocycles. The lowest BCUT2D eigenvalue weighted by Crippen LogP contribution is -2.37. The first-order valence-electron chi connectivity index (χ1n) is 20.6. The fourth-order valence-corrected chi connectivity index (χ4v) is 5.76. The molecule has 54 heavy (non-hydrogen) atoms. The first-order valence-corrected chi connectivity index (χ1v) is 22.1. The van der Waals surface area contributed by atoms with Crippen LogP contribution in [0.25, 0.3) is 0 Å². The lowest BCUT2D eigenvalue weighted by Gasteiger charge is -2.28. The van der Waals surface area contributed by atoms with E-state index in [0.717, 1.165) is 103 Å². The number of nitrogens with zero attached hydrogens (tertiary/aromatic N) is 1. The van der Waals surface area contributed by atoms with E-state index < -0.39 is 32.5 Å². The molecule has 9 nitrogen and oxygen atoms in total. The molecule has 0 aromatic carbocycles. The van der Waals surface area contributed by atoms with Crippen LogP contribution in [0.1, 0.15) is 142 Å². The van der Waals surface area contributed by atoms with Gasteiger partial charge in [0.15, 0.2) is 6.10 Å². The number of carbonyl (C=O) groups excluding carboxylic acids is 2. The van der Waals surface area contributed by atoms with Crippen molar-refractivity contribution in [2.45, 2.75) is 148 Å². The second-order valence-electron chi connectivity index (χ2n) is 14.6. The molecule has 0 rings (SSSR count). The second kappa shape index (κ2) is 36.1. The Bertz CT molecular complexity index is 1150. The van der Waals surface area contributed by atoms with Gasteiger partial charge in [0.25, 0.3) is 7.82 Å². The number of rotatable bonds is 36. The summed E-state index contributed by atoms with van der Waals surface area (Å²) < 4.78 is 33.8. The molecule has 0 fully saturated rings. The summed E-state index contributed by atoms with van der Waals surface area (Å²) in [6, 6.07) is 0. The van der Waals surface area contributed by atoms with Gasteiger partial charge in [-0.05, 0) is 77.0 Å². The van der Waals surface area contributed by atoms with E-state index in [1.165, 1.54) is 0 Å². The van der Waals surface area contributed by atoms with E-state index in [1.807, 2.05) is 21.1 Å². The summed E-state index contributed by atoms with van der Waals surface area (Å²) in [6.07, 6.45) is 43.5. The van der Waals surface area contributed by atoms with Gasteiger partial charge in [-0.25, -0.2) is 0 Å². The van der Waals surface area contributed by atoms with Gasteiger partial charge in [-0.15, -0.1) is 0 Å². The van der Waals surface area contributed by atoms with E-state index in [1.54, 1.807) is 0 Å². The van der Waals surface area contributed by atoms with Crippen LogP contribution in [-0.4, -0.2) is 70.0 Å². The molecular formula is C44H76NO8P. The van der Waals surface area contributed by atoms with Gasteiger partial charge >= 0.3 is 11.9 Å². The van der Waals surface area contributed by atoms with Crippen LogP contribution in [0.3, 0.4) is 0 Å². The molecule has 0 radical (unpaired) electrons. The van der Waals surface area contributed by atoms with Crippen LogP contribution in [0.4, 0.5) is 0 Å². The number of hydrogen-bond acceptors (Lipinski definition) is 8. The van der Waals surface area contributed by atoms with Gasteiger partial charge in [-0.3, -0.25) is 14.2 Å². The Kier molecular flexibility index (Phi) is 34.4. The first-order chi connectivity index (χ1) is 26.0. The van der Waals surface area contributed by atoms with Crippen molar-refractivity contribution >= 4 is 19.8 Å². The Morgan fingerprint density at radius 1 is 0.574 bits per heavy atom. The number of quaternary nitrogens is 1. The molecule has 0 aromatic rings. The summed E-state index contributed by atoms with van der Waals surface area (Å²) in [4.78, 5) is 37.5. The third-order valence-corrected chi connectivity index (χ3v) is 9.19. The minimum absolute atomic E-state index is 0.0414. The highest BCUT2D eigenvalue weighted by Gasteiger charge is 2.21. The Hall–Kier alpha value is -2.55. The highest BCUT2D eigenvalue weighted by molar-refractivity contribution is 7.45. The van der Waals surface area contributed by atoms with Crippen LogP contribution in [0.5, 0.6) is 0 Å². The Balaban J connectivity index is 4.47. The van der Waals surface area contributed by atoms with E-state index in [4.69, 9.17) is 18.5 Å². The van der Waals surface area contributed by atoms with Gasteiger partial charge in [0.1, 0.15) is 19.8 Å². The minimum atomic E-state index is -4.63. The molecule has 2 atom stereocenters. The summed E-state index contributed by atoms with van der Waals surface area (Å²) in [6.45, 7) is 3.93. The summed E-state index contributed by atoms with van der Waals surface area (Å²) in [7, 11) is 1.13. The van der Waals surface area contributed by atoms with Crippen molar-refractivity contribution in [1.82, 2.24) is 0 Å². The molecule has 0 aliphatic rings. The Morgan fingerprint density at radius 2 is 1.00 bits per heavy atom. The standard InChI is InChI=1S/C44H76NO8P/c1-6-8-10-12-14-16-18-20-22-24-26-28-30-32-34-36-43(46)50-40-42(41-52-54(48,49)51-39-38-45(3,4)5)53-44(47)37-35-33-31-29-27-25-23-21-19-17-15-13-11-9-7-2/h8-11,14-17,20-23,42H,6-7,12-13,18-19,24-41H2,1-5H3. The monoisotopic (exact) mass is 778 g/mol. The molecule has 310 valence electrons. The van der Waals surface area contributed by atoms with Crippen LogP contribution in [0.15, 0.2) is 72.9 Å². The van der Waals surface area contributed by atoms with Crippen LogP contribution < -0.4 is 4.89 Å². The van der Waals surface area contributed by atoms with Crippen molar-refractivity contribution < 1.29 is 42.1 Å². The van der Waals surface area contributed by atoms with E-state index in [0.29, 0.717) is 23.9 Å². The van der Waals surface area contributed by atoms with E-state index in [-0.39, 0.29) is 26.1 Å². The largest absolute Gasteiger partial charge is 0.756 e. The summed E-state index contributed by atoms with van der Waals surface area (Å²) in [5, 5.41) is 0. The van der Waals surface area contributed by atoms with E-state index >= 15 is 0 Å². The van der Waals surface area contributed by atoms with Gasteiger partial charge in [0, 0.05) is 12.8 Å². The molecule has 2 unspecified atom stereocenters. The van der Waals surface area contributed by atoms with E-state index in [2.05, 4.69) is 86.8 Å². The average Bonchev–Trinajstić information content (AvgIpc) is 3.12. The third-order valence-electron chi connectivity index (χ3n) is 8.22. The minimum Gasteiger partial charge on any atom is -0.756 e. The molecule has 0 saturated heterocycles. The maximum atomic E-state index is 12.6. The number of unbranched alkanes of at least 4 members (excludes halogenated alkanes) is 10. The molecule has 0 spiro atoms. The maximum absolute atomic E-state index is 12.6. The lowest BCUT2D eigenvalue weighted by molar-refractivity contribution is -0.870. The molecule has 0 aliphatic carbocycles. The Labute approximate surface area is 329 Å². The fraction of sp³-hybridized carbons (Fsp3) is 0.682. The molecule has 10 heteroatoms. The zero-order valence-electron chi connectivity index (χ0n) is 34.6. The SMILES string of the molecule is CCC=CCC=CCC=CCCCCCCCC(=O)OCC(COP(=O)([O-])OCC[N+](C)(C)C)OC(=O)CCCCCCCC=CCC=CCC=CCC. The lowest BCUT2D eigenvalue weighted by atomic mass is 10.1. The smallest absolute Gasteiger partial charge is 0.306 e. The number of allylic oxidation sites excluding steroid dienone is 12. The van der Waals surface area contributed by atoms with Crippen LogP contribution in [0.2, 0.25) is 0 Å². The number of phosphoric ester groups is 1. The zero-order chi connectivity index (χ0) is 40.0. The number of likely N-dealkylation sites (N-methyl/N-ethyl adjacent to an activating group) is 1. The van der Waals surface area contributed by atoms with Gasteiger partial charge in [-0.1, -0.05) is 125 Å². The highest BCUT2D eigenvalue weighted by Crippen LogP contribution is 2.38. The van der Waals surface area contributed by atoms with Crippen LogP contribution in [0, 0.1) is 0 Å². The molecule has 0 heterocycles. The van der Waals surface area contributed by atoms with Crippen molar-refractivity contribution in [3.05, 3.63) is 72.9 Å². The predicted octanol–water partition coefficient (Wildman–Crippen LogP) is 10.8. The summed E-state index contributed by atoms with van der Waals surface area (Å²) in [5.74, 6) is -0.883. The van der Waals surface area contributed by atoms with E-state index in [9.17, 15) is 19.0 Å². The first kappa shape index (κ1) is 51.5. The number of ether oxygens (including phenoxy) is 2. The molecule has 0 aromatic heterocycles. The van der Waals surface area contributed by atoms with Crippen molar-refractivity contribution in [2.75, 3.05) is 47.5 Å². The van der Waals surface area contributed by atoms with Gasteiger partial charge in [0.05, 0.1) is 27.7 Å². The number of esters is 2. The van der Waals surface area contributed by atoms with Gasteiger partial charge in [0.2, 0.25) is 0 Å². The zero-order valence-corrected chi connectivity index (χ0v) is 35.5. The normalized spacial score (nSPS) is 14.4. The number of carbonyl (C=O) groups is 2. The van der Waals surface area contributed by atoms with Gasteiger partial charge < -0.3 is 27.9 Å². The second-order valence-corrected chi connectivity index (χ2v) is 16.0. The maximum Gasteiger partial charge on any atom is 0.306 e. The topological polar surface area (TPSA) is 111 Å². The molecule has 0 N–H and O–H groups in total. The molecular weight excluding hydrogens is 701 g/mol. The summed E-state index contributed by atoms with van der Waals surface area (Å²) >= 11 is 0. The molecule has 0 amide bonds. The summed E-state index contributed by atoms with van der Waals surface area (Å²) in [5.41, 5.74) is 0. The van der Waals surface area contributed by atoms with Crippen LogP contribution in [-0.2, 0) is 32.7 Å². The van der Waals surface area contributed by atoms with Crippen molar-refractivity contribution in [1.29, 1.82) is 0 Å². The number of phosphoric acid groups is 1. The van der Waals surface area contributed by atoms with Crippen molar-refractivity contribution in [3.8, 4) is 0 Å². The third kappa shape index (κ3) is 39.2. The quantitative estimate of drug-likeness (QED) is 0.0203. The number of hydrogen-bond donors (Lipinski definition) is 0.